The van der Waals surface area contributed by atoms with Gasteiger partial charge in [0.1, 0.15) is 11.5 Å². The minimum atomic E-state index is -4.59. The van der Waals surface area contributed by atoms with Crippen LogP contribution in [0.2, 0.25) is 0 Å². The molecule has 6 nitrogen and oxygen atoms in total. The van der Waals surface area contributed by atoms with Gasteiger partial charge in [0.15, 0.2) is 0 Å². The molecule has 1 aromatic carbocycles. The van der Waals surface area contributed by atoms with Gasteiger partial charge < -0.3 is 5.32 Å². The Kier molecular flexibility index (Phi) is 8.59. The number of nitrogens with zero attached hydrogens (tertiary/aromatic N) is 1. The molecule has 0 radical (unpaired) electrons. The van der Waals surface area contributed by atoms with E-state index in [0.717, 1.165) is 24.8 Å². The maximum atomic E-state index is 14.2. The lowest BCUT2D eigenvalue weighted by atomic mass is 9.99. The lowest BCUT2D eigenvalue weighted by Gasteiger charge is -2.15. The van der Waals surface area contributed by atoms with E-state index in [1.807, 2.05) is 11.6 Å². The molecule has 180 valence electrons. The first-order valence-corrected chi connectivity index (χ1v) is 12.0. The lowest BCUT2D eigenvalue weighted by molar-refractivity contribution is -0.141. The van der Waals surface area contributed by atoms with Crippen molar-refractivity contribution in [3.63, 3.8) is 0 Å². The highest BCUT2D eigenvalue weighted by molar-refractivity contribution is 7.92. The number of carbonyl (C=O) groups excluding carboxylic acids is 1. The molecule has 2 aromatic rings. The normalized spacial score (nSPS) is 13.2. The number of nitrogens with one attached hydrogen (secondary N) is 2. The van der Waals surface area contributed by atoms with Crippen LogP contribution in [0, 0.1) is 5.82 Å². The van der Waals surface area contributed by atoms with Crippen LogP contribution in [0.25, 0.3) is 6.08 Å². The van der Waals surface area contributed by atoms with E-state index in [0.29, 0.717) is 17.5 Å². The highest BCUT2D eigenvalue weighted by atomic mass is 32.2. The Morgan fingerprint density at radius 2 is 1.91 bits per heavy atom. The summed E-state index contributed by atoms with van der Waals surface area (Å²) in [5, 5.41) is 2.63. The number of aromatic nitrogens is 1. The molecule has 1 amide bonds. The van der Waals surface area contributed by atoms with Gasteiger partial charge in [0, 0.05) is 6.54 Å². The first kappa shape index (κ1) is 26.3. The number of halogens is 4. The number of hydrogen-bond donors (Lipinski definition) is 2. The molecule has 2 rings (SSSR count). The Bertz CT molecular complexity index is 1130. The Balaban J connectivity index is 2.17. The van der Waals surface area contributed by atoms with E-state index in [1.54, 1.807) is 6.08 Å². The Morgan fingerprint density at radius 1 is 1.21 bits per heavy atom. The fraction of sp³-hybridized carbons (Fsp3) is 0.364. The lowest BCUT2D eigenvalue weighted by Crippen LogP contribution is -2.28. The number of rotatable bonds is 9. The molecule has 0 aliphatic rings. The molecule has 0 spiro atoms. The second-order valence-electron chi connectivity index (χ2n) is 7.48. The van der Waals surface area contributed by atoms with E-state index in [2.05, 4.69) is 10.3 Å². The van der Waals surface area contributed by atoms with Crippen molar-refractivity contribution in [3.8, 4) is 0 Å². The molecule has 0 aliphatic heterocycles. The molecule has 0 aliphatic carbocycles. The summed E-state index contributed by atoms with van der Waals surface area (Å²) in [5.74, 6) is -2.12. The highest BCUT2D eigenvalue weighted by Crippen LogP contribution is 2.29. The quantitative estimate of drug-likeness (QED) is 0.496. The maximum Gasteiger partial charge on any atom is 0.433 e. The van der Waals surface area contributed by atoms with Crippen molar-refractivity contribution >= 4 is 27.7 Å². The van der Waals surface area contributed by atoms with Gasteiger partial charge in [-0.2, -0.15) is 13.2 Å². The standard InChI is InChI=1S/C22H25F4N3O3S/c1-4-5-6-7-18-16(9-11-20(28-18)22(24,25)26)13-27-21(30)14(2)15-8-10-19(17(23)12-15)29-33(3,31)32/h6-12,14,29H,4-5,13H2,1-3H3,(H,27,30)/b7-6+. The molecule has 1 atom stereocenters. The summed E-state index contributed by atoms with van der Waals surface area (Å²) in [6.45, 7) is 3.39. The number of sulfonamides is 1. The average Bonchev–Trinajstić information content (AvgIpc) is 2.72. The van der Waals surface area contributed by atoms with Gasteiger partial charge in [-0.1, -0.05) is 31.6 Å². The number of unbranched alkanes of at least 4 members (excludes halogenated alkanes) is 1. The summed E-state index contributed by atoms with van der Waals surface area (Å²) in [6.07, 6.45) is 0.979. The zero-order valence-corrected chi connectivity index (χ0v) is 19.1. The zero-order valence-electron chi connectivity index (χ0n) is 18.3. The molecular weight excluding hydrogens is 462 g/mol. The van der Waals surface area contributed by atoms with Gasteiger partial charge in [0.05, 0.1) is 23.6 Å². The third-order valence-corrected chi connectivity index (χ3v) is 5.26. The summed E-state index contributed by atoms with van der Waals surface area (Å²) in [7, 11) is -3.66. The fourth-order valence-corrected chi connectivity index (χ4v) is 3.45. The number of benzene rings is 1. The molecule has 2 N–H and O–H groups in total. The van der Waals surface area contributed by atoms with Gasteiger partial charge in [-0.15, -0.1) is 0 Å². The molecule has 0 fully saturated rings. The molecule has 0 saturated carbocycles. The minimum Gasteiger partial charge on any atom is -0.351 e. The third-order valence-electron chi connectivity index (χ3n) is 4.67. The highest BCUT2D eigenvalue weighted by Gasteiger charge is 2.32. The summed E-state index contributed by atoms with van der Waals surface area (Å²) in [6, 6.07) is 5.80. The van der Waals surface area contributed by atoms with Crippen LogP contribution in [-0.2, 0) is 27.5 Å². The van der Waals surface area contributed by atoms with Crippen LogP contribution >= 0.6 is 0 Å². The van der Waals surface area contributed by atoms with Crippen molar-refractivity contribution in [2.45, 2.75) is 45.3 Å². The number of alkyl halides is 3. The number of anilines is 1. The summed E-state index contributed by atoms with van der Waals surface area (Å²) in [4.78, 5) is 16.3. The second-order valence-corrected chi connectivity index (χ2v) is 9.23. The molecule has 0 saturated heterocycles. The van der Waals surface area contributed by atoms with Crippen molar-refractivity contribution in [3.05, 3.63) is 64.7 Å². The van der Waals surface area contributed by atoms with Crippen LogP contribution in [0.15, 0.2) is 36.4 Å². The van der Waals surface area contributed by atoms with E-state index < -0.39 is 39.5 Å². The molecule has 1 aromatic heterocycles. The van der Waals surface area contributed by atoms with Gasteiger partial charge in [-0.25, -0.2) is 17.8 Å². The van der Waals surface area contributed by atoms with Crippen LogP contribution in [0.3, 0.4) is 0 Å². The number of hydrogen-bond acceptors (Lipinski definition) is 4. The predicted molar refractivity (Wildman–Crippen MR) is 118 cm³/mol. The maximum absolute atomic E-state index is 14.2. The number of carbonyl (C=O) groups is 1. The first-order valence-electron chi connectivity index (χ1n) is 10.1. The molecular formula is C22H25F4N3O3S. The van der Waals surface area contributed by atoms with Crippen molar-refractivity contribution in [2.24, 2.45) is 0 Å². The van der Waals surface area contributed by atoms with Gasteiger partial charge in [-0.05, 0) is 48.7 Å². The van der Waals surface area contributed by atoms with Gasteiger partial charge in [-0.3, -0.25) is 9.52 Å². The van der Waals surface area contributed by atoms with Crippen molar-refractivity contribution in [1.82, 2.24) is 10.3 Å². The minimum absolute atomic E-state index is 0.0731. The third kappa shape index (κ3) is 7.85. The predicted octanol–water partition coefficient (Wildman–Crippen LogP) is 4.84. The topological polar surface area (TPSA) is 88.2 Å². The summed E-state index contributed by atoms with van der Waals surface area (Å²) < 4.78 is 77.9. The van der Waals surface area contributed by atoms with Crippen molar-refractivity contribution < 1.29 is 30.8 Å². The molecule has 0 bridgehead atoms. The molecule has 33 heavy (non-hydrogen) atoms. The second kappa shape index (κ2) is 10.8. The SMILES string of the molecule is CCC/C=C/c1nc(C(F)(F)F)ccc1CNC(=O)C(C)c1ccc(NS(C)(=O)=O)c(F)c1. The molecule has 1 heterocycles. The largest absolute Gasteiger partial charge is 0.433 e. The molecule has 1 unspecified atom stereocenters. The molecule has 11 heteroatoms. The van der Waals surface area contributed by atoms with Crippen molar-refractivity contribution in [1.29, 1.82) is 0 Å². The Labute approximate surface area is 190 Å². The average molecular weight is 488 g/mol. The van der Waals surface area contributed by atoms with Crippen LogP contribution in [0.1, 0.15) is 55.1 Å². The van der Waals surface area contributed by atoms with Crippen molar-refractivity contribution in [2.75, 3.05) is 11.0 Å². The Hall–Kier alpha value is -2.95. The summed E-state index contributed by atoms with van der Waals surface area (Å²) in [5.41, 5.74) is -0.463. The van der Waals surface area contributed by atoms with E-state index in [4.69, 9.17) is 0 Å². The van der Waals surface area contributed by atoms with Gasteiger partial charge in [0.2, 0.25) is 15.9 Å². The number of allylic oxidation sites excluding steroid dienone is 1. The van der Waals surface area contributed by atoms with E-state index >= 15 is 0 Å². The van der Waals surface area contributed by atoms with Crippen LogP contribution in [0.4, 0.5) is 23.2 Å². The van der Waals surface area contributed by atoms with Crippen LogP contribution in [-0.4, -0.2) is 25.6 Å². The van der Waals surface area contributed by atoms with E-state index in [1.165, 1.54) is 31.2 Å². The first-order chi connectivity index (χ1) is 15.3. The van der Waals surface area contributed by atoms with Gasteiger partial charge >= 0.3 is 6.18 Å². The zero-order chi connectivity index (χ0) is 24.8. The smallest absolute Gasteiger partial charge is 0.351 e. The number of pyridine rings is 1. The monoisotopic (exact) mass is 487 g/mol. The van der Waals surface area contributed by atoms with E-state index in [9.17, 15) is 30.8 Å². The Morgan fingerprint density at radius 3 is 2.48 bits per heavy atom. The fourth-order valence-electron chi connectivity index (χ4n) is 2.89. The van der Waals surface area contributed by atoms with E-state index in [-0.39, 0.29) is 17.9 Å². The summed E-state index contributed by atoms with van der Waals surface area (Å²) >= 11 is 0. The van der Waals surface area contributed by atoms with Gasteiger partial charge in [0.25, 0.3) is 0 Å². The van der Waals surface area contributed by atoms with Crippen LogP contribution < -0.4 is 10.0 Å². The number of amides is 1. The van der Waals surface area contributed by atoms with Crippen LogP contribution in [0.5, 0.6) is 0 Å².